The Hall–Kier alpha value is -4.46. The second-order valence-corrected chi connectivity index (χ2v) is 9.58. The molecule has 4 amide bonds. The van der Waals surface area contributed by atoms with E-state index in [1.807, 2.05) is 13.8 Å². The number of primary amides is 1. The number of carbonyl (C=O) groups is 5. The molecular weight excluding hydrogens is 510 g/mol. The van der Waals surface area contributed by atoms with Gasteiger partial charge in [-0.15, -0.1) is 0 Å². The minimum absolute atomic E-state index is 0.0117. The number of carbonyl (C=O) groups excluding carboxylic acids is 4. The van der Waals surface area contributed by atoms with Crippen LogP contribution in [0.5, 0.6) is 5.75 Å². The molecule has 212 valence electrons. The van der Waals surface area contributed by atoms with Crippen LogP contribution in [0.1, 0.15) is 37.9 Å². The molecule has 0 spiro atoms. The van der Waals surface area contributed by atoms with Crippen molar-refractivity contribution < 1.29 is 34.2 Å². The number of nitrogens with zero attached hydrogens (tertiary/aromatic N) is 1. The largest absolute Gasteiger partial charge is 0.508 e. The summed E-state index contributed by atoms with van der Waals surface area (Å²) < 4.78 is 0. The molecule has 0 fully saturated rings. The number of carboxylic acids is 1. The van der Waals surface area contributed by atoms with Crippen LogP contribution in [0, 0.1) is 5.92 Å². The van der Waals surface area contributed by atoms with E-state index in [0.717, 1.165) is 0 Å². The number of aromatic nitrogens is 2. The molecule has 39 heavy (non-hydrogen) atoms. The minimum Gasteiger partial charge on any atom is -0.508 e. The molecule has 1 aromatic carbocycles. The molecule has 0 bridgehead atoms. The van der Waals surface area contributed by atoms with Crippen LogP contribution in [-0.4, -0.2) is 73.9 Å². The Morgan fingerprint density at radius 1 is 0.923 bits per heavy atom. The van der Waals surface area contributed by atoms with Gasteiger partial charge in [0.15, 0.2) is 0 Å². The molecule has 4 atom stereocenters. The SMILES string of the molecule is CC(C)CC(NC(=O)C(N)Cc1cnc[nH]1)C(=O)NC(Cc1ccc(O)cc1)C(=O)NC(CC(N)=O)C(=O)O. The third-order valence-electron chi connectivity index (χ3n) is 5.70. The fourth-order valence-corrected chi connectivity index (χ4v) is 3.73. The first-order valence-corrected chi connectivity index (χ1v) is 12.3. The van der Waals surface area contributed by atoms with E-state index in [9.17, 15) is 34.2 Å². The van der Waals surface area contributed by atoms with Crippen LogP contribution < -0.4 is 27.4 Å². The lowest BCUT2D eigenvalue weighted by Crippen LogP contribution is -2.58. The van der Waals surface area contributed by atoms with Crippen molar-refractivity contribution in [1.29, 1.82) is 0 Å². The Morgan fingerprint density at radius 3 is 2.05 bits per heavy atom. The van der Waals surface area contributed by atoms with Gasteiger partial charge in [0.25, 0.3) is 0 Å². The van der Waals surface area contributed by atoms with Crippen molar-refractivity contribution in [3.63, 3.8) is 0 Å². The highest BCUT2D eigenvalue weighted by atomic mass is 16.4. The molecule has 2 rings (SSSR count). The van der Waals surface area contributed by atoms with Crippen LogP contribution in [0.15, 0.2) is 36.8 Å². The van der Waals surface area contributed by atoms with E-state index < -0.39 is 60.2 Å². The van der Waals surface area contributed by atoms with Crippen molar-refractivity contribution in [3.05, 3.63) is 48.0 Å². The summed E-state index contributed by atoms with van der Waals surface area (Å²) in [6.45, 7) is 3.69. The molecule has 2 aromatic rings. The number of benzene rings is 1. The number of phenolic OH excluding ortho intramolecular Hbond substituents is 1. The summed E-state index contributed by atoms with van der Waals surface area (Å²) in [6, 6.07) is 0.909. The summed E-state index contributed by atoms with van der Waals surface area (Å²) in [4.78, 5) is 68.7. The number of phenols is 1. The number of hydrogen-bond acceptors (Lipinski definition) is 8. The molecule has 0 saturated heterocycles. The van der Waals surface area contributed by atoms with Crippen LogP contribution in [0.25, 0.3) is 0 Å². The Morgan fingerprint density at radius 2 is 1.51 bits per heavy atom. The lowest BCUT2D eigenvalue weighted by Gasteiger charge is -2.26. The predicted octanol–water partition coefficient (Wildman–Crippen LogP) is -1.31. The van der Waals surface area contributed by atoms with Gasteiger partial charge >= 0.3 is 5.97 Å². The van der Waals surface area contributed by atoms with Crippen LogP contribution in [-0.2, 0) is 36.8 Å². The van der Waals surface area contributed by atoms with Crippen molar-refractivity contribution >= 4 is 29.6 Å². The first-order valence-electron chi connectivity index (χ1n) is 12.3. The molecule has 0 radical (unpaired) electrons. The first-order chi connectivity index (χ1) is 18.3. The van der Waals surface area contributed by atoms with Gasteiger partial charge in [-0.3, -0.25) is 19.2 Å². The highest BCUT2D eigenvalue weighted by Crippen LogP contribution is 2.13. The molecule has 4 unspecified atom stereocenters. The fraction of sp³-hybridized carbons (Fsp3) is 0.440. The number of H-pyrrole nitrogens is 1. The summed E-state index contributed by atoms with van der Waals surface area (Å²) in [6.07, 6.45) is 2.63. The number of imidazole rings is 1. The molecule has 0 aliphatic heterocycles. The van der Waals surface area contributed by atoms with Crippen LogP contribution in [0.4, 0.5) is 0 Å². The number of rotatable bonds is 15. The van der Waals surface area contributed by atoms with Crippen molar-refractivity contribution in [2.75, 3.05) is 0 Å². The summed E-state index contributed by atoms with van der Waals surface area (Å²) in [5.74, 6) is -4.61. The number of hydrogen-bond donors (Lipinski definition) is 8. The average molecular weight is 546 g/mol. The molecule has 1 heterocycles. The summed E-state index contributed by atoms with van der Waals surface area (Å²) in [5, 5.41) is 26.4. The van der Waals surface area contributed by atoms with Gasteiger partial charge in [0.1, 0.15) is 23.9 Å². The van der Waals surface area contributed by atoms with Crippen LogP contribution in [0.2, 0.25) is 0 Å². The first kappa shape index (κ1) is 30.8. The van der Waals surface area contributed by atoms with Crippen LogP contribution in [0.3, 0.4) is 0 Å². The van der Waals surface area contributed by atoms with Gasteiger partial charge in [-0.2, -0.15) is 0 Å². The maximum atomic E-state index is 13.3. The molecule has 0 saturated carbocycles. The van der Waals surface area contributed by atoms with E-state index in [-0.39, 0.29) is 30.9 Å². The van der Waals surface area contributed by atoms with Crippen molar-refractivity contribution in [2.45, 2.75) is 63.7 Å². The normalized spacial score (nSPS) is 14.1. The zero-order valence-electron chi connectivity index (χ0n) is 21.7. The number of carboxylic acid groups (broad SMARTS) is 1. The Labute approximate surface area is 224 Å². The lowest BCUT2D eigenvalue weighted by atomic mass is 10.00. The van der Waals surface area contributed by atoms with E-state index >= 15 is 0 Å². The molecule has 0 aliphatic rings. The van der Waals surface area contributed by atoms with Gasteiger partial charge < -0.3 is 42.6 Å². The minimum atomic E-state index is -1.61. The molecule has 10 N–H and O–H groups in total. The van der Waals surface area contributed by atoms with Gasteiger partial charge in [-0.25, -0.2) is 9.78 Å². The van der Waals surface area contributed by atoms with Gasteiger partial charge in [0.2, 0.25) is 23.6 Å². The number of nitrogens with two attached hydrogens (primary N) is 2. The Balaban J connectivity index is 2.22. The summed E-state index contributed by atoms with van der Waals surface area (Å²) in [5.41, 5.74) is 12.3. The quantitative estimate of drug-likeness (QED) is 0.132. The molecule has 0 aliphatic carbocycles. The van der Waals surface area contributed by atoms with Crippen molar-refractivity contribution in [3.8, 4) is 5.75 Å². The second-order valence-electron chi connectivity index (χ2n) is 9.58. The zero-order chi connectivity index (χ0) is 29.1. The predicted molar refractivity (Wildman–Crippen MR) is 139 cm³/mol. The van der Waals surface area contributed by atoms with Gasteiger partial charge in [-0.05, 0) is 30.0 Å². The van der Waals surface area contributed by atoms with Gasteiger partial charge in [0, 0.05) is 24.7 Å². The maximum absolute atomic E-state index is 13.3. The highest BCUT2D eigenvalue weighted by Gasteiger charge is 2.31. The lowest BCUT2D eigenvalue weighted by molar-refractivity contribution is -0.143. The Kier molecular flexibility index (Phi) is 11.4. The zero-order valence-corrected chi connectivity index (χ0v) is 21.7. The van der Waals surface area contributed by atoms with Crippen LogP contribution >= 0.6 is 0 Å². The number of aromatic hydroxyl groups is 1. The molecule has 14 heteroatoms. The molecule has 1 aromatic heterocycles. The van der Waals surface area contributed by atoms with Gasteiger partial charge in [-0.1, -0.05) is 26.0 Å². The van der Waals surface area contributed by atoms with E-state index in [1.54, 1.807) is 0 Å². The fourth-order valence-electron chi connectivity index (χ4n) is 3.73. The third kappa shape index (κ3) is 10.4. The standard InChI is InChI=1S/C25H35N7O7/c1-13(2)7-18(30-22(35)17(26)9-15-11-28-12-29-15)23(36)31-19(8-14-3-5-16(33)6-4-14)24(37)32-20(25(38)39)10-21(27)34/h3-6,11-13,17-20,33H,7-10,26H2,1-2H3,(H2,27,34)(H,28,29)(H,30,35)(H,31,36)(H,32,37)(H,38,39). The maximum Gasteiger partial charge on any atom is 0.326 e. The monoisotopic (exact) mass is 545 g/mol. The molecular formula is C25H35N7O7. The van der Waals surface area contributed by atoms with E-state index in [1.165, 1.54) is 36.8 Å². The van der Waals surface area contributed by atoms with E-state index in [2.05, 4.69) is 25.9 Å². The highest BCUT2D eigenvalue weighted by molar-refractivity contribution is 5.95. The molecule has 14 nitrogen and oxygen atoms in total. The summed E-state index contributed by atoms with van der Waals surface area (Å²) >= 11 is 0. The number of amides is 4. The van der Waals surface area contributed by atoms with E-state index in [4.69, 9.17) is 11.5 Å². The number of aliphatic carboxylic acids is 1. The topological polar surface area (TPSA) is 243 Å². The third-order valence-corrected chi connectivity index (χ3v) is 5.70. The second kappa shape index (κ2) is 14.5. The Bertz CT molecular complexity index is 1140. The van der Waals surface area contributed by atoms with E-state index in [0.29, 0.717) is 11.3 Å². The summed E-state index contributed by atoms with van der Waals surface area (Å²) in [7, 11) is 0. The van der Waals surface area contributed by atoms with Crippen molar-refractivity contribution in [2.24, 2.45) is 17.4 Å². The number of aromatic amines is 1. The van der Waals surface area contributed by atoms with Crippen molar-refractivity contribution in [1.82, 2.24) is 25.9 Å². The van der Waals surface area contributed by atoms with Gasteiger partial charge in [0.05, 0.1) is 18.8 Å². The number of nitrogens with one attached hydrogen (secondary N) is 4. The average Bonchev–Trinajstić information content (AvgIpc) is 3.36. The smallest absolute Gasteiger partial charge is 0.326 e.